The molecule has 0 N–H and O–H groups in total. The number of oxazole rings is 1. The number of hydrogen-bond acceptors (Lipinski definition) is 4. The third-order valence-corrected chi connectivity index (χ3v) is 6.50. The Hall–Kier alpha value is -4.96. The summed E-state index contributed by atoms with van der Waals surface area (Å²) in [4.78, 5) is 11.6. The standard InChI is InChI=1S/C32H21N3O/c1-3-13-29-22(8-1)15-16-23-17-18-25(32-34-28-12-2-4-14-31(28)36-32)21-30(23)35(29)26-10-7-9-24(20-26)27-11-5-6-19-33-27/h1-21H. The number of para-hydroxylation sites is 3. The first-order valence-corrected chi connectivity index (χ1v) is 11.9. The minimum absolute atomic E-state index is 0.614. The highest BCUT2D eigenvalue weighted by Gasteiger charge is 2.22. The van der Waals surface area contributed by atoms with Crippen LogP contribution in [0.5, 0.6) is 0 Å². The summed E-state index contributed by atoms with van der Waals surface area (Å²) < 4.78 is 6.11. The molecule has 6 aromatic rings. The molecule has 0 radical (unpaired) electrons. The van der Waals surface area contributed by atoms with Crippen LogP contribution in [0.25, 0.3) is 46.0 Å². The minimum atomic E-state index is 0.614. The van der Waals surface area contributed by atoms with Gasteiger partial charge in [0.2, 0.25) is 5.89 Å². The Balaban J connectivity index is 1.43. The van der Waals surface area contributed by atoms with Crippen LogP contribution in [-0.4, -0.2) is 9.97 Å². The molecule has 0 saturated carbocycles. The molecule has 1 aliphatic rings. The van der Waals surface area contributed by atoms with Crippen LogP contribution in [0.2, 0.25) is 0 Å². The topological polar surface area (TPSA) is 42.2 Å². The van der Waals surface area contributed by atoms with Gasteiger partial charge in [-0.25, -0.2) is 4.98 Å². The summed E-state index contributed by atoms with van der Waals surface area (Å²) in [6.45, 7) is 0. The van der Waals surface area contributed by atoms with Crippen molar-refractivity contribution in [2.75, 3.05) is 4.90 Å². The Morgan fingerprint density at radius 3 is 2.33 bits per heavy atom. The number of benzene rings is 4. The van der Waals surface area contributed by atoms with Gasteiger partial charge in [0.25, 0.3) is 0 Å². The van der Waals surface area contributed by atoms with E-state index in [9.17, 15) is 0 Å². The van der Waals surface area contributed by atoms with E-state index in [1.54, 1.807) is 0 Å². The number of pyridine rings is 1. The average molecular weight is 464 g/mol. The molecule has 0 aliphatic carbocycles. The molecule has 0 amide bonds. The summed E-state index contributed by atoms with van der Waals surface area (Å²) in [5.74, 6) is 0.614. The molecule has 0 bridgehead atoms. The quantitative estimate of drug-likeness (QED) is 0.263. The number of anilines is 3. The Kier molecular flexibility index (Phi) is 4.74. The van der Waals surface area contributed by atoms with Crippen LogP contribution in [-0.2, 0) is 0 Å². The first-order chi connectivity index (χ1) is 17.8. The average Bonchev–Trinajstić information content (AvgIpc) is 3.31. The number of fused-ring (bicyclic) bond motifs is 3. The maximum Gasteiger partial charge on any atom is 0.227 e. The van der Waals surface area contributed by atoms with Gasteiger partial charge in [0.1, 0.15) is 5.52 Å². The van der Waals surface area contributed by atoms with E-state index in [-0.39, 0.29) is 0 Å². The Morgan fingerprint density at radius 1 is 0.611 bits per heavy atom. The van der Waals surface area contributed by atoms with Gasteiger partial charge in [0.15, 0.2) is 5.58 Å². The molecule has 0 spiro atoms. The molecule has 3 heterocycles. The van der Waals surface area contributed by atoms with Crippen molar-refractivity contribution in [2.24, 2.45) is 0 Å². The highest BCUT2D eigenvalue weighted by atomic mass is 16.3. The highest BCUT2D eigenvalue weighted by Crippen LogP contribution is 2.44. The van der Waals surface area contributed by atoms with Gasteiger partial charge < -0.3 is 9.32 Å². The lowest BCUT2D eigenvalue weighted by Crippen LogP contribution is -2.12. The summed E-state index contributed by atoms with van der Waals surface area (Å²) in [7, 11) is 0. The molecule has 4 nitrogen and oxygen atoms in total. The zero-order valence-corrected chi connectivity index (χ0v) is 19.4. The van der Waals surface area contributed by atoms with E-state index in [4.69, 9.17) is 9.40 Å². The molecule has 0 saturated heterocycles. The van der Waals surface area contributed by atoms with E-state index in [0.717, 1.165) is 56.1 Å². The first-order valence-electron chi connectivity index (χ1n) is 11.9. The largest absolute Gasteiger partial charge is 0.436 e. The molecule has 0 unspecified atom stereocenters. The molecular weight excluding hydrogens is 442 g/mol. The van der Waals surface area contributed by atoms with Crippen LogP contribution in [0.4, 0.5) is 17.1 Å². The van der Waals surface area contributed by atoms with E-state index < -0.39 is 0 Å². The summed E-state index contributed by atoms with van der Waals surface area (Å²) >= 11 is 0. The Bertz CT molecular complexity index is 1720. The third-order valence-electron chi connectivity index (χ3n) is 6.50. The van der Waals surface area contributed by atoms with Gasteiger partial charge in [0.05, 0.1) is 17.1 Å². The molecule has 36 heavy (non-hydrogen) atoms. The van der Waals surface area contributed by atoms with Gasteiger partial charge in [-0.05, 0) is 65.7 Å². The van der Waals surface area contributed by atoms with Gasteiger partial charge in [-0.3, -0.25) is 4.98 Å². The smallest absolute Gasteiger partial charge is 0.227 e. The summed E-state index contributed by atoms with van der Waals surface area (Å²) in [5, 5.41) is 0. The summed E-state index contributed by atoms with van der Waals surface area (Å²) in [6, 6.07) is 37.2. The van der Waals surface area contributed by atoms with E-state index in [1.807, 2.05) is 48.7 Å². The van der Waals surface area contributed by atoms with Crippen LogP contribution in [0, 0.1) is 0 Å². The summed E-state index contributed by atoms with van der Waals surface area (Å²) in [5.41, 5.74) is 10.1. The lowest BCUT2D eigenvalue weighted by atomic mass is 10.1. The molecule has 1 aliphatic heterocycles. The third kappa shape index (κ3) is 3.48. The van der Waals surface area contributed by atoms with E-state index in [0.29, 0.717) is 5.89 Å². The molecule has 4 heteroatoms. The van der Waals surface area contributed by atoms with E-state index >= 15 is 0 Å². The van der Waals surface area contributed by atoms with Crippen molar-refractivity contribution in [3.63, 3.8) is 0 Å². The minimum Gasteiger partial charge on any atom is -0.436 e. The van der Waals surface area contributed by atoms with Gasteiger partial charge in [0, 0.05) is 23.0 Å². The van der Waals surface area contributed by atoms with Crippen molar-refractivity contribution >= 4 is 40.3 Å². The number of aromatic nitrogens is 2. The Morgan fingerprint density at radius 2 is 1.44 bits per heavy atom. The summed E-state index contributed by atoms with van der Waals surface area (Å²) in [6.07, 6.45) is 6.18. The van der Waals surface area contributed by atoms with Gasteiger partial charge in [-0.2, -0.15) is 0 Å². The van der Waals surface area contributed by atoms with Crippen molar-refractivity contribution in [1.29, 1.82) is 0 Å². The number of nitrogens with zero attached hydrogens (tertiary/aromatic N) is 3. The molecule has 0 atom stereocenters. The monoisotopic (exact) mass is 463 g/mol. The molecule has 0 fully saturated rings. The molecule has 170 valence electrons. The zero-order valence-electron chi connectivity index (χ0n) is 19.4. The maximum absolute atomic E-state index is 6.11. The SMILES string of the molecule is C1=Cc2ccc(-c3nc4ccccc4o3)cc2N(c2cccc(-c3ccccn3)c2)c2ccccc21. The second-order valence-corrected chi connectivity index (χ2v) is 8.75. The van der Waals surface area contributed by atoms with Crippen molar-refractivity contribution < 1.29 is 4.42 Å². The lowest BCUT2D eigenvalue weighted by molar-refractivity contribution is 0.620. The van der Waals surface area contributed by atoms with Crippen molar-refractivity contribution in [3.8, 4) is 22.7 Å². The van der Waals surface area contributed by atoms with Crippen molar-refractivity contribution in [3.05, 3.63) is 127 Å². The van der Waals surface area contributed by atoms with Crippen molar-refractivity contribution in [2.45, 2.75) is 0 Å². The predicted octanol–water partition coefficient (Wildman–Crippen LogP) is 8.51. The van der Waals surface area contributed by atoms with Crippen LogP contribution in [0.1, 0.15) is 11.1 Å². The lowest BCUT2D eigenvalue weighted by Gasteiger charge is -2.28. The van der Waals surface area contributed by atoms with Crippen LogP contribution >= 0.6 is 0 Å². The fourth-order valence-corrected chi connectivity index (χ4v) is 4.76. The van der Waals surface area contributed by atoms with Gasteiger partial charge >= 0.3 is 0 Å². The second kappa shape index (κ2) is 8.36. The number of rotatable bonds is 3. The van der Waals surface area contributed by atoms with Crippen LogP contribution in [0.3, 0.4) is 0 Å². The molecular formula is C32H21N3O. The van der Waals surface area contributed by atoms with Crippen molar-refractivity contribution in [1.82, 2.24) is 9.97 Å². The molecule has 4 aromatic carbocycles. The fourth-order valence-electron chi connectivity index (χ4n) is 4.76. The van der Waals surface area contributed by atoms with Crippen LogP contribution in [0.15, 0.2) is 120 Å². The Labute approximate surface area is 208 Å². The molecule has 2 aromatic heterocycles. The fraction of sp³-hybridized carbons (Fsp3) is 0. The van der Waals surface area contributed by atoms with Gasteiger partial charge in [-0.15, -0.1) is 0 Å². The second-order valence-electron chi connectivity index (χ2n) is 8.75. The molecule has 7 rings (SSSR count). The van der Waals surface area contributed by atoms with E-state index in [1.165, 1.54) is 0 Å². The maximum atomic E-state index is 6.11. The van der Waals surface area contributed by atoms with Gasteiger partial charge in [-0.1, -0.05) is 66.7 Å². The number of hydrogen-bond donors (Lipinski definition) is 0. The highest BCUT2D eigenvalue weighted by molar-refractivity contribution is 5.95. The predicted molar refractivity (Wildman–Crippen MR) is 146 cm³/mol. The van der Waals surface area contributed by atoms with E-state index in [2.05, 4.69) is 88.8 Å². The van der Waals surface area contributed by atoms with Crippen LogP contribution < -0.4 is 4.90 Å². The normalized spacial score (nSPS) is 12.3. The zero-order chi connectivity index (χ0) is 23.9. The first kappa shape index (κ1) is 20.4.